The first kappa shape index (κ1) is 21.4. The van der Waals surface area contributed by atoms with E-state index in [1.807, 2.05) is 0 Å². The van der Waals surface area contributed by atoms with Gasteiger partial charge in [-0.25, -0.2) is 4.79 Å². The number of aromatic carboxylic acids is 1. The van der Waals surface area contributed by atoms with Gasteiger partial charge >= 0.3 is 5.97 Å². The molecule has 0 saturated carbocycles. The number of carboxylic acid groups (broad SMARTS) is 1. The van der Waals surface area contributed by atoms with Crippen molar-refractivity contribution >= 4 is 34.8 Å². The maximum absolute atomic E-state index is 13.0. The number of aliphatic hydroxyl groups is 1. The molecule has 33 heavy (non-hydrogen) atoms. The molecule has 9 heteroatoms. The van der Waals surface area contributed by atoms with Gasteiger partial charge in [-0.3, -0.25) is 24.6 Å². The van der Waals surface area contributed by atoms with Gasteiger partial charge < -0.3 is 10.2 Å². The Balaban J connectivity index is 1.91. The maximum atomic E-state index is 13.0. The predicted molar refractivity (Wildman–Crippen MR) is 118 cm³/mol. The minimum absolute atomic E-state index is 0.00786. The summed E-state index contributed by atoms with van der Waals surface area (Å²) in [5.41, 5.74) is 0.555. The second kappa shape index (κ2) is 8.39. The molecule has 1 saturated heterocycles. The number of non-ortho nitro benzene ring substituents is 1. The number of benzene rings is 3. The van der Waals surface area contributed by atoms with Gasteiger partial charge in [0.25, 0.3) is 17.4 Å². The fourth-order valence-corrected chi connectivity index (χ4v) is 3.71. The van der Waals surface area contributed by atoms with Crippen molar-refractivity contribution in [1.29, 1.82) is 0 Å². The third-order valence-electron chi connectivity index (χ3n) is 5.30. The number of aliphatic hydroxyl groups excluding tert-OH is 1. The minimum Gasteiger partial charge on any atom is -0.507 e. The van der Waals surface area contributed by atoms with Crippen LogP contribution in [0.2, 0.25) is 0 Å². The van der Waals surface area contributed by atoms with Crippen LogP contribution in [-0.2, 0) is 9.59 Å². The number of carboxylic acids is 1. The Labute approximate surface area is 187 Å². The molecule has 1 unspecified atom stereocenters. The fraction of sp³-hybridized carbons (Fsp3) is 0.0417. The predicted octanol–water partition coefficient (Wildman–Crippen LogP) is 3.92. The van der Waals surface area contributed by atoms with Gasteiger partial charge in [0.2, 0.25) is 0 Å². The number of rotatable bonds is 5. The highest BCUT2D eigenvalue weighted by molar-refractivity contribution is 6.51. The molecule has 9 nitrogen and oxygen atoms in total. The topological polar surface area (TPSA) is 138 Å². The van der Waals surface area contributed by atoms with Crippen LogP contribution < -0.4 is 4.90 Å². The second-order valence-corrected chi connectivity index (χ2v) is 7.24. The monoisotopic (exact) mass is 444 g/mol. The molecule has 4 rings (SSSR count). The second-order valence-electron chi connectivity index (χ2n) is 7.24. The summed E-state index contributed by atoms with van der Waals surface area (Å²) >= 11 is 0. The minimum atomic E-state index is -1.15. The number of Topliss-reactive ketones (excluding diaryl/α,β-unsaturated/α-hetero) is 1. The number of ketones is 1. The van der Waals surface area contributed by atoms with Gasteiger partial charge in [0, 0.05) is 23.4 Å². The molecule has 1 heterocycles. The van der Waals surface area contributed by atoms with E-state index in [2.05, 4.69) is 0 Å². The van der Waals surface area contributed by atoms with Gasteiger partial charge in [0.15, 0.2) is 0 Å². The zero-order chi connectivity index (χ0) is 23.7. The average molecular weight is 444 g/mol. The van der Waals surface area contributed by atoms with E-state index in [-0.39, 0.29) is 28.3 Å². The quantitative estimate of drug-likeness (QED) is 0.200. The first-order chi connectivity index (χ1) is 15.8. The van der Waals surface area contributed by atoms with Crippen LogP contribution in [0, 0.1) is 10.1 Å². The highest BCUT2D eigenvalue weighted by Gasteiger charge is 2.47. The molecule has 0 bridgehead atoms. The smallest absolute Gasteiger partial charge is 0.335 e. The molecule has 164 valence electrons. The van der Waals surface area contributed by atoms with Crippen LogP contribution in [0.5, 0.6) is 0 Å². The lowest BCUT2D eigenvalue weighted by atomic mass is 9.95. The summed E-state index contributed by atoms with van der Waals surface area (Å²) in [7, 11) is 0. The zero-order valence-electron chi connectivity index (χ0n) is 16.9. The third kappa shape index (κ3) is 3.83. The van der Waals surface area contributed by atoms with E-state index in [1.165, 1.54) is 48.5 Å². The van der Waals surface area contributed by atoms with Crippen molar-refractivity contribution in [1.82, 2.24) is 0 Å². The molecule has 1 aliphatic rings. The summed E-state index contributed by atoms with van der Waals surface area (Å²) in [6.45, 7) is 0. The van der Waals surface area contributed by atoms with Crippen molar-refractivity contribution in [3.63, 3.8) is 0 Å². The van der Waals surface area contributed by atoms with E-state index in [1.54, 1.807) is 30.3 Å². The first-order valence-electron chi connectivity index (χ1n) is 9.73. The van der Waals surface area contributed by atoms with Gasteiger partial charge in [-0.2, -0.15) is 0 Å². The van der Waals surface area contributed by atoms with Crippen molar-refractivity contribution < 1.29 is 29.5 Å². The van der Waals surface area contributed by atoms with Crippen molar-refractivity contribution in [2.45, 2.75) is 6.04 Å². The molecule has 2 N–H and O–H groups in total. The Morgan fingerprint density at radius 3 is 2.00 bits per heavy atom. The molecular weight excluding hydrogens is 428 g/mol. The van der Waals surface area contributed by atoms with E-state index in [0.717, 1.165) is 4.90 Å². The molecule has 1 atom stereocenters. The van der Waals surface area contributed by atoms with Gasteiger partial charge in [-0.05, 0) is 42.0 Å². The SMILES string of the molecule is O=C1C(=O)N(c2ccc(C(=O)O)cc2)C(c2ccc([N+](=O)[O-])cc2)C1=C(O)c1ccccc1. The number of hydrogen-bond donors (Lipinski definition) is 2. The van der Waals surface area contributed by atoms with Crippen LogP contribution in [0.1, 0.15) is 27.5 Å². The molecule has 0 aromatic heterocycles. The Morgan fingerprint density at radius 1 is 0.848 bits per heavy atom. The molecular formula is C24H16N2O7. The highest BCUT2D eigenvalue weighted by Crippen LogP contribution is 2.42. The van der Waals surface area contributed by atoms with E-state index in [0.29, 0.717) is 11.1 Å². The molecule has 1 aliphatic heterocycles. The van der Waals surface area contributed by atoms with E-state index in [4.69, 9.17) is 5.11 Å². The summed E-state index contributed by atoms with van der Waals surface area (Å²) < 4.78 is 0. The van der Waals surface area contributed by atoms with Crippen molar-refractivity contribution in [2.75, 3.05) is 4.90 Å². The van der Waals surface area contributed by atoms with Crippen LogP contribution in [0.15, 0.2) is 84.4 Å². The molecule has 1 amide bonds. The summed E-state index contributed by atoms with van der Waals surface area (Å²) in [4.78, 5) is 48.9. The number of amides is 1. The molecule has 0 spiro atoms. The Bertz CT molecular complexity index is 1300. The molecule has 0 aliphatic carbocycles. The average Bonchev–Trinajstić information content (AvgIpc) is 3.09. The standard InChI is InChI=1S/C24H16N2O7/c27-21(15-4-2-1-3-5-15)19-20(14-6-12-18(13-7-14)26(32)33)25(23(29)22(19)28)17-10-8-16(9-11-17)24(30)31/h1-13,20,27H,(H,30,31). The number of nitrogens with zero attached hydrogens (tertiary/aromatic N) is 2. The normalized spacial score (nSPS) is 17.2. The Morgan fingerprint density at radius 2 is 1.45 bits per heavy atom. The summed E-state index contributed by atoms with van der Waals surface area (Å²) in [5, 5.41) is 31.2. The third-order valence-corrected chi connectivity index (χ3v) is 5.30. The van der Waals surface area contributed by atoms with Crippen molar-refractivity contribution in [2.24, 2.45) is 0 Å². The molecule has 3 aromatic carbocycles. The lowest BCUT2D eigenvalue weighted by Crippen LogP contribution is -2.29. The van der Waals surface area contributed by atoms with Gasteiger partial charge in [-0.15, -0.1) is 0 Å². The number of nitro groups is 1. The number of nitro benzene ring substituents is 1. The number of carbonyl (C=O) groups excluding carboxylic acids is 2. The lowest BCUT2D eigenvalue weighted by Gasteiger charge is -2.25. The number of hydrogen-bond acceptors (Lipinski definition) is 6. The summed E-state index contributed by atoms with van der Waals surface area (Å²) in [5.74, 6) is -3.39. The highest BCUT2D eigenvalue weighted by atomic mass is 16.6. The number of anilines is 1. The molecule has 3 aromatic rings. The number of carbonyl (C=O) groups is 3. The fourth-order valence-electron chi connectivity index (χ4n) is 3.71. The van der Waals surface area contributed by atoms with Crippen LogP contribution in [0.3, 0.4) is 0 Å². The van der Waals surface area contributed by atoms with Crippen molar-refractivity contribution in [3.8, 4) is 0 Å². The van der Waals surface area contributed by atoms with Crippen LogP contribution in [0.25, 0.3) is 5.76 Å². The Hall–Kier alpha value is -4.79. The Kier molecular flexibility index (Phi) is 5.45. The van der Waals surface area contributed by atoms with Gasteiger partial charge in [0.1, 0.15) is 5.76 Å². The van der Waals surface area contributed by atoms with E-state index < -0.39 is 28.6 Å². The van der Waals surface area contributed by atoms with Crippen LogP contribution in [0.4, 0.5) is 11.4 Å². The zero-order valence-corrected chi connectivity index (χ0v) is 16.9. The van der Waals surface area contributed by atoms with Gasteiger partial charge in [0.05, 0.1) is 22.1 Å². The maximum Gasteiger partial charge on any atom is 0.335 e. The van der Waals surface area contributed by atoms with Gasteiger partial charge in [-0.1, -0.05) is 30.3 Å². The largest absolute Gasteiger partial charge is 0.507 e. The summed E-state index contributed by atoms with van der Waals surface area (Å²) in [6.07, 6.45) is 0. The van der Waals surface area contributed by atoms with Crippen molar-refractivity contribution in [3.05, 3.63) is 111 Å². The van der Waals surface area contributed by atoms with E-state index in [9.17, 15) is 29.6 Å². The molecule has 1 fully saturated rings. The molecule has 0 radical (unpaired) electrons. The van der Waals surface area contributed by atoms with Crippen LogP contribution in [-0.4, -0.2) is 32.8 Å². The van der Waals surface area contributed by atoms with E-state index >= 15 is 0 Å². The summed E-state index contributed by atoms with van der Waals surface area (Å²) in [6, 6.07) is 17.8. The first-order valence-corrected chi connectivity index (χ1v) is 9.73. The lowest BCUT2D eigenvalue weighted by molar-refractivity contribution is -0.384. The van der Waals surface area contributed by atoms with Crippen LogP contribution >= 0.6 is 0 Å².